The van der Waals surface area contributed by atoms with Crippen molar-refractivity contribution >= 4 is 0 Å². The molecule has 0 saturated heterocycles. The van der Waals surface area contributed by atoms with Gasteiger partial charge in [0.25, 0.3) is 0 Å². The van der Waals surface area contributed by atoms with E-state index in [0.717, 1.165) is 29.7 Å². The van der Waals surface area contributed by atoms with Crippen molar-refractivity contribution in [2.24, 2.45) is 0 Å². The smallest absolute Gasteiger partial charge is 0.127 e. The number of nitrogens with one attached hydrogen (secondary N) is 1. The van der Waals surface area contributed by atoms with Crippen LogP contribution in [0, 0.1) is 19.7 Å². The Balaban J connectivity index is 2.30. The summed E-state index contributed by atoms with van der Waals surface area (Å²) in [5, 5.41) is 3.25. The van der Waals surface area contributed by atoms with Gasteiger partial charge in [0.2, 0.25) is 0 Å². The van der Waals surface area contributed by atoms with Crippen molar-refractivity contribution in [3.63, 3.8) is 0 Å². The Labute approximate surface area is 120 Å². The van der Waals surface area contributed by atoms with Crippen LogP contribution in [0.15, 0.2) is 36.4 Å². The molecule has 2 heteroatoms. The van der Waals surface area contributed by atoms with Gasteiger partial charge in [-0.1, -0.05) is 42.3 Å². The molecule has 1 nitrogen and oxygen atoms in total. The van der Waals surface area contributed by atoms with Crippen molar-refractivity contribution in [3.8, 4) is 11.1 Å². The van der Waals surface area contributed by atoms with Crippen molar-refractivity contribution in [2.45, 2.75) is 33.7 Å². The van der Waals surface area contributed by atoms with Gasteiger partial charge in [-0.05, 0) is 50.1 Å². The van der Waals surface area contributed by atoms with Gasteiger partial charge in [-0.2, -0.15) is 0 Å². The summed E-state index contributed by atoms with van der Waals surface area (Å²) in [5.74, 6) is -0.137. The van der Waals surface area contributed by atoms with Gasteiger partial charge in [-0.15, -0.1) is 0 Å². The second kappa shape index (κ2) is 6.67. The van der Waals surface area contributed by atoms with Crippen LogP contribution in [0.3, 0.4) is 0 Å². The summed E-state index contributed by atoms with van der Waals surface area (Å²) >= 11 is 0. The Morgan fingerprint density at radius 2 is 1.65 bits per heavy atom. The molecule has 0 bridgehead atoms. The lowest BCUT2D eigenvalue weighted by Crippen LogP contribution is -2.14. The van der Waals surface area contributed by atoms with Crippen molar-refractivity contribution < 1.29 is 4.39 Å². The summed E-state index contributed by atoms with van der Waals surface area (Å²) in [6.07, 6.45) is 1.05. The van der Waals surface area contributed by atoms with Crippen LogP contribution in [0.4, 0.5) is 4.39 Å². The zero-order valence-electron chi connectivity index (χ0n) is 12.5. The summed E-state index contributed by atoms with van der Waals surface area (Å²) in [5.41, 5.74) is 5.42. The highest BCUT2D eigenvalue weighted by molar-refractivity contribution is 5.66. The third-order valence-electron chi connectivity index (χ3n) is 3.34. The van der Waals surface area contributed by atoms with Crippen LogP contribution in [0.5, 0.6) is 0 Å². The molecule has 0 aliphatic carbocycles. The minimum Gasteiger partial charge on any atom is -0.313 e. The molecule has 0 fully saturated rings. The number of rotatable bonds is 5. The molecule has 20 heavy (non-hydrogen) atoms. The van der Waals surface area contributed by atoms with Gasteiger partial charge in [0, 0.05) is 12.1 Å². The molecule has 0 amide bonds. The zero-order valence-corrected chi connectivity index (χ0v) is 12.5. The Hall–Kier alpha value is -1.67. The molecule has 0 saturated carbocycles. The molecule has 2 aromatic carbocycles. The summed E-state index contributed by atoms with van der Waals surface area (Å²) in [4.78, 5) is 0. The van der Waals surface area contributed by atoms with E-state index in [-0.39, 0.29) is 5.82 Å². The highest BCUT2D eigenvalue weighted by atomic mass is 19.1. The molecule has 0 aromatic heterocycles. The second-order valence-corrected chi connectivity index (χ2v) is 5.36. The van der Waals surface area contributed by atoms with E-state index >= 15 is 0 Å². The van der Waals surface area contributed by atoms with Crippen LogP contribution < -0.4 is 5.32 Å². The molecule has 0 spiro atoms. The monoisotopic (exact) mass is 271 g/mol. The Morgan fingerprint density at radius 1 is 0.950 bits per heavy atom. The van der Waals surface area contributed by atoms with Crippen molar-refractivity contribution in [2.75, 3.05) is 6.54 Å². The first kappa shape index (κ1) is 14.7. The van der Waals surface area contributed by atoms with Crippen LogP contribution in [-0.4, -0.2) is 6.54 Å². The fourth-order valence-electron chi connectivity index (χ4n) is 2.43. The number of benzene rings is 2. The molecule has 106 valence electrons. The first-order valence-electron chi connectivity index (χ1n) is 7.18. The van der Waals surface area contributed by atoms with Gasteiger partial charge >= 0.3 is 0 Å². The number of hydrogen-bond acceptors (Lipinski definition) is 1. The summed E-state index contributed by atoms with van der Waals surface area (Å²) < 4.78 is 13.8. The van der Waals surface area contributed by atoms with Crippen LogP contribution in [0.2, 0.25) is 0 Å². The number of halogens is 1. The molecule has 0 unspecified atom stereocenters. The minimum atomic E-state index is -0.137. The Kier molecular flexibility index (Phi) is 4.91. The minimum absolute atomic E-state index is 0.137. The van der Waals surface area contributed by atoms with E-state index in [2.05, 4.69) is 44.3 Å². The van der Waals surface area contributed by atoms with Gasteiger partial charge in [-0.25, -0.2) is 4.39 Å². The van der Waals surface area contributed by atoms with E-state index < -0.39 is 0 Å². The van der Waals surface area contributed by atoms with Gasteiger partial charge in [0.05, 0.1) is 0 Å². The lowest BCUT2D eigenvalue weighted by molar-refractivity contribution is 0.587. The molecular formula is C18H22FN. The maximum Gasteiger partial charge on any atom is 0.127 e. The van der Waals surface area contributed by atoms with Crippen molar-refractivity contribution in [1.82, 2.24) is 5.32 Å². The van der Waals surface area contributed by atoms with E-state index in [1.807, 2.05) is 12.1 Å². The van der Waals surface area contributed by atoms with Gasteiger partial charge < -0.3 is 5.32 Å². The fourth-order valence-corrected chi connectivity index (χ4v) is 2.43. The van der Waals surface area contributed by atoms with E-state index in [1.54, 1.807) is 6.07 Å². The van der Waals surface area contributed by atoms with E-state index in [1.165, 1.54) is 11.1 Å². The maximum absolute atomic E-state index is 13.8. The normalized spacial score (nSPS) is 10.8. The first-order chi connectivity index (χ1) is 9.60. The van der Waals surface area contributed by atoms with Crippen molar-refractivity contribution in [3.05, 3.63) is 58.9 Å². The van der Waals surface area contributed by atoms with Gasteiger partial charge in [-0.3, -0.25) is 0 Å². The molecule has 0 radical (unpaired) electrons. The fraction of sp³-hybridized carbons (Fsp3) is 0.333. The molecule has 1 N–H and O–H groups in total. The number of aryl methyl sites for hydroxylation is 2. The molecule has 2 aromatic rings. The zero-order chi connectivity index (χ0) is 14.5. The Bertz CT molecular complexity index is 570. The molecule has 0 heterocycles. The third kappa shape index (κ3) is 3.67. The summed E-state index contributed by atoms with van der Waals surface area (Å²) in [6, 6.07) is 11.8. The summed E-state index contributed by atoms with van der Waals surface area (Å²) in [7, 11) is 0. The van der Waals surface area contributed by atoms with E-state index in [0.29, 0.717) is 6.54 Å². The highest BCUT2D eigenvalue weighted by Crippen LogP contribution is 2.24. The van der Waals surface area contributed by atoms with Crippen LogP contribution in [-0.2, 0) is 6.54 Å². The molecule has 0 atom stereocenters. The van der Waals surface area contributed by atoms with Crippen molar-refractivity contribution in [1.29, 1.82) is 0 Å². The largest absolute Gasteiger partial charge is 0.313 e. The average Bonchev–Trinajstić information content (AvgIpc) is 2.40. The first-order valence-corrected chi connectivity index (χ1v) is 7.18. The molecule has 2 rings (SSSR count). The predicted molar refractivity (Wildman–Crippen MR) is 83.3 cm³/mol. The van der Waals surface area contributed by atoms with Gasteiger partial charge in [0.15, 0.2) is 0 Å². The topological polar surface area (TPSA) is 12.0 Å². The lowest BCUT2D eigenvalue weighted by atomic mass is 9.99. The molecule has 0 aliphatic heterocycles. The van der Waals surface area contributed by atoms with Crippen LogP contribution >= 0.6 is 0 Å². The predicted octanol–water partition coefficient (Wildman–Crippen LogP) is 4.61. The highest BCUT2D eigenvalue weighted by Gasteiger charge is 2.06. The average molecular weight is 271 g/mol. The van der Waals surface area contributed by atoms with Crippen LogP contribution in [0.25, 0.3) is 11.1 Å². The molecular weight excluding hydrogens is 249 g/mol. The van der Waals surface area contributed by atoms with Gasteiger partial charge in [0.1, 0.15) is 5.82 Å². The maximum atomic E-state index is 13.8. The summed E-state index contributed by atoms with van der Waals surface area (Å²) in [6.45, 7) is 7.77. The third-order valence-corrected chi connectivity index (χ3v) is 3.34. The lowest BCUT2D eigenvalue weighted by Gasteiger charge is -2.09. The SMILES string of the molecule is CCCNCc1cc(-c2cc(C)cc(C)c2)ccc1F. The Morgan fingerprint density at radius 3 is 2.30 bits per heavy atom. The standard InChI is InChI=1S/C18H22FN/c1-4-7-20-12-17-11-15(5-6-18(17)19)16-9-13(2)8-14(3)10-16/h5-6,8-11,20H,4,7,12H2,1-3H3. The molecule has 0 aliphatic rings. The second-order valence-electron chi connectivity index (χ2n) is 5.36. The van der Waals surface area contributed by atoms with E-state index in [9.17, 15) is 4.39 Å². The van der Waals surface area contributed by atoms with Crippen LogP contribution in [0.1, 0.15) is 30.0 Å². The quantitative estimate of drug-likeness (QED) is 0.783. The number of hydrogen-bond donors (Lipinski definition) is 1. The van der Waals surface area contributed by atoms with E-state index in [4.69, 9.17) is 0 Å².